The predicted molar refractivity (Wildman–Crippen MR) is 77.3 cm³/mol. The zero-order valence-corrected chi connectivity index (χ0v) is 12.3. The normalized spacial score (nSPS) is 18.3. The number of hydrogen-bond donors (Lipinski definition) is 1. The molecule has 108 valence electrons. The maximum Gasteiger partial charge on any atom is 0.303 e. The SMILES string of the molecule is O=C(O)CCC1CCN(C(=O)c2cc(Cl)ccc2Cl)C1. The Morgan fingerprint density at radius 1 is 1.35 bits per heavy atom. The van der Waals surface area contributed by atoms with E-state index in [9.17, 15) is 9.59 Å². The summed E-state index contributed by atoms with van der Waals surface area (Å²) in [6, 6.07) is 4.81. The molecule has 1 heterocycles. The fourth-order valence-electron chi connectivity index (χ4n) is 2.41. The van der Waals surface area contributed by atoms with Crippen LogP contribution in [0.4, 0.5) is 0 Å². The third kappa shape index (κ3) is 3.64. The molecule has 1 fully saturated rings. The van der Waals surface area contributed by atoms with Crippen LogP contribution in [0.3, 0.4) is 0 Å². The maximum atomic E-state index is 12.4. The summed E-state index contributed by atoms with van der Waals surface area (Å²) < 4.78 is 0. The van der Waals surface area contributed by atoms with E-state index in [0.717, 1.165) is 6.42 Å². The molecule has 1 aliphatic rings. The first-order valence-corrected chi connectivity index (χ1v) is 7.19. The first-order chi connectivity index (χ1) is 9.47. The fourth-order valence-corrected chi connectivity index (χ4v) is 2.78. The highest BCUT2D eigenvalue weighted by Gasteiger charge is 2.28. The Morgan fingerprint density at radius 3 is 2.80 bits per heavy atom. The summed E-state index contributed by atoms with van der Waals surface area (Å²) in [6.07, 6.45) is 1.57. The van der Waals surface area contributed by atoms with Crippen LogP contribution in [0.5, 0.6) is 0 Å². The van der Waals surface area contributed by atoms with Gasteiger partial charge in [-0.1, -0.05) is 23.2 Å². The van der Waals surface area contributed by atoms with Gasteiger partial charge in [0, 0.05) is 24.5 Å². The van der Waals surface area contributed by atoms with E-state index in [1.54, 1.807) is 23.1 Å². The van der Waals surface area contributed by atoms with Crippen LogP contribution in [0, 0.1) is 5.92 Å². The number of likely N-dealkylation sites (tertiary alicyclic amines) is 1. The molecule has 1 atom stereocenters. The third-order valence-electron chi connectivity index (χ3n) is 3.50. The quantitative estimate of drug-likeness (QED) is 0.927. The van der Waals surface area contributed by atoms with Gasteiger partial charge in [-0.25, -0.2) is 0 Å². The van der Waals surface area contributed by atoms with Crippen molar-refractivity contribution in [2.24, 2.45) is 5.92 Å². The van der Waals surface area contributed by atoms with Crippen LogP contribution in [0.15, 0.2) is 18.2 Å². The van der Waals surface area contributed by atoms with E-state index in [4.69, 9.17) is 28.3 Å². The number of nitrogens with zero attached hydrogens (tertiary/aromatic N) is 1. The summed E-state index contributed by atoms with van der Waals surface area (Å²) in [6.45, 7) is 1.21. The Hall–Kier alpha value is -1.26. The molecule has 4 nitrogen and oxygen atoms in total. The van der Waals surface area contributed by atoms with Crippen molar-refractivity contribution < 1.29 is 14.7 Å². The molecule has 0 bridgehead atoms. The molecule has 1 N–H and O–H groups in total. The second-order valence-corrected chi connectivity index (χ2v) is 5.81. The second-order valence-electron chi connectivity index (χ2n) is 4.96. The number of rotatable bonds is 4. The molecule has 1 amide bonds. The zero-order valence-electron chi connectivity index (χ0n) is 10.8. The Kier molecular flexibility index (Phi) is 4.89. The molecule has 1 aromatic carbocycles. The van der Waals surface area contributed by atoms with Gasteiger partial charge in [0.05, 0.1) is 10.6 Å². The number of carbonyl (C=O) groups excluding carboxylic acids is 1. The predicted octanol–water partition coefficient (Wildman–Crippen LogP) is 3.32. The van der Waals surface area contributed by atoms with Crippen molar-refractivity contribution in [3.05, 3.63) is 33.8 Å². The second kappa shape index (κ2) is 6.46. The molecule has 0 saturated carbocycles. The monoisotopic (exact) mass is 315 g/mol. The van der Waals surface area contributed by atoms with E-state index in [1.165, 1.54) is 0 Å². The summed E-state index contributed by atoms with van der Waals surface area (Å²) in [7, 11) is 0. The van der Waals surface area contributed by atoms with Gasteiger partial charge < -0.3 is 10.0 Å². The number of halogens is 2. The number of carbonyl (C=O) groups is 2. The lowest BCUT2D eigenvalue weighted by Crippen LogP contribution is -2.29. The van der Waals surface area contributed by atoms with Crippen molar-refractivity contribution in [3.8, 4) is 0 Å². The summed E-state index contributed by atoms with van der Waals surface area (Å²) in [5, 5.41) is 9.54. The van der Waals surface area contributed by atoms with Gasteiger partial charge in [0.25, 0.3) is 5.91 Å². The van der Waals surface area contributed by atoms with E-state index in [-0.39, 0.29) is 18.2 Å². The van der Waals surface area contributed by atoms with Crippen LogP contribution in [0.1, 0.15) is 29.6 Å². The summed E-state index contributed by atoms with van der Waals surface area (Å²) >= 11 is 11.9. The maximum absolute atomic E-state index is 12.4. The van der Waals surface area contributed by atoms with Crippen molar-refractivity contribution in [2.45, 2.75) is 19.3 Å². The highest BCUT2D eigenvalue weighted by Crippen LogP contribution is 2.26. The van der Waals surface area contributed by atoms with Crippen molar-refractivity contribution in [1.82, 2.24) is 4.90 Å². The average molecular weight is 316 g/mol. The highest BCUT2D eigenvalue weighted by molar-refractivity contribution is 6.35. The lowest BCUT2D eigenvalue weighted by atomic mass is 10.0. The fraction of sp³-hybridized carbons (Fsp3) is 0.429. The van der Waals surface area contributed by atoms with Gasteiger partial charge in [-0.2, -0.15) is 0 Å². The van der Waals surface area contributed by atoms with Crippen LogP contribution < -0.4 is 0 Å². The molecule has 20 heavy (non-hydrogen) atoms. The van der Waals surface area contributed by atoms with Gasteiger partial charge in [-0.05, 0) is 37.0 Å². The Morgan fingerprint density at radius 2 is 2.10 bits per heavy atom. The summed E-state index contributed by atoms with van der Waals surface area (Å²) in [4.78, 5) is 24.6. The van der Waals surface area contributed by atoms with E-state index < -0.39 is 5.97 Å². The molecule has 2 rings (SSSR count). The van der Waals surface area contributed by atoms with Gasteiger partial charge >= 0.3 is 5.97 Å². The standard InChI is InChI=1S/C14H15Cl2NO3/c15-10-2-3-12(16)11(7-10)14(20)17-6-5-9(8-17)1-4-13(18)19/h2-3,7,9H,1,4-6,8H2,(H,18,19). The van der Waals surface area contributed by atoms with Crippen LogP contribution >= 0.6 is 23.2 Å². The Labute approximate surface area is 127 Å². The minimum absolute atomic E-state index is 0.143. The smallest absolute Gasteiger partial charge is 0.303 e. The van der Waals surface area contributed by atoms with E-state index in [2.05, 4.69) is 0 Å². The molecule has 0 aromatic heterocycles. The molecule has 1 aliphatic heterocycles. The lowest BCUT2D eigenvalue weighted by Gasteiger charge is -2.17. The number of carboxylic acids is 1. The van der Waals surface area contributed by atoms with Crippen LogP contribution in [-0.4, -0.2) is 35.0 Å². The molecule has 0 spiro atoms. The van der Waals surface area contributed by atoms with Gasteiger partial charge in [0.2, 0.25) is 0 Å². The van der Waals surface area contributed by atoms with Gasteiger partial charge in [0.15, 0.2) is 0 Å². The van der Waals surface area contributed by atoms with Gasteiger partial charge in [0.1, 0.15) is 0 Å². The molecule has 1 saturated heterocycles. The van der Waals surface area contributed by atoms with Crippen molar-refractivity contribution in [2.75, 3.05) is 13.1 Å². The van der Waals surface area contributed by atoms with Crippen LogP contribution in [0.2, 0.25) is 10.0 Å². The lowest BCUT2D eigenvalue weighted by molar-refractivity contribution is -0.137. The highest BCUT2D eigenvalue weighted by atomic mass is 35.5. The Bertz CT molecular complexity index is 533. The zero-order chi connectivity index (χ0) is 14.7. The molecule has 0 aliphatic carbocycles. The molecule has 0 radical (unpaired) electrons. The van der Waals surface area contributed by atoms with Crippen LogP contribution in [-0.2, 0) is 4.79 Å². The number of amides is 1. The topological polar surface area (TPSA) is 57.6 Å². The van der Waals surface area contributed by atoms with E-state index in [0.29, 0.717) is 35.1 Å². The Balaban J connectivity index is 2.00. The van der Waals surface area contributed by atoms with Crippen molar-refractivity contribution in [1.29, 1.82) is 0 Å². The number of hydrogen-bond acceptors (Lipinski definition) is 2. The number of aliphatic carboxylic acids is 1. The minimum atomic E-state index is -0.798. The van der Waals surface area contributed by atoms with E-state index in [1.807, 2.05) is 0 Å². The molecule has 1 aromatic rings. The van der Waals surface area contributed by atoms with Crippen molar-refractivity contribution in [3.63, 3.8) is 0 Å². The first kappa shape index (κ1) is 15.1. The first-order valence-electron chi connectivity index (χ1n) is 6.43. The van der Waals surface area contributed by atoms with Gasteiger partial charge in [-0.15, -0.1) is 0 Å². The largest absolute Gasteiger partial charge is 0.481 e. The van der Waals surface area contributed by atoms with Gasteiger partial charge in [-0.3, -0.25) is 9.59 Å². The molecule has 6 heteroatoms. The molecule has 1 unspecified atom stereocenters. The molecular formula is C14H15Cl2NO3. The van der Waals surface area contributed by atoms with E-state index >= 15 is 0 Å². The van der Waals surface area contributed by atoms with Crippen molar-refractivity contribution >= 4 is 35.1 Å². The summed E-state index contributed by atoms with van der Waals surface area (Å²) in [5.41, 5.74) is 0.401. The number of benzene rings is 1. The number of carboxylic acid groups (broad SMARTS) is 1. The minimum Gasteiger partial charge on any atom is -0.481 e. The third-order valence-corrected chi connectivity index (χ3v) is 4.06. The average Bonchev–Trinajstić information content (AvgIpc) is 2.87. The van der Waals surface area contributed by atoms with Crippen LogP contribution in [0.25, 0.3) is 0 Å². The molecular weight excluding hydrogens is 301 g/mol. The summed E-state index contributed by atoms with van der Waals surface area (Å²) in [5.74, 6) is -0.698.